The summed E-state index contributed by atoms with van der Waals surface area (Å²) in [7, 11) is 1.96. The van der Waals surface area contributed by atoms with Crippen molar-refractivity contribution in [1.29, 1.82) is 0 Å². The van der Waals surface area contributed by atoms with Crippen LogP contribution in [-0.4, -0.2) is 10.8 Å². The van der Waals surface area contributed by atoms with Crippen LogP contribution in [-0.2, 0) is 7.05 Å². The fourth-order valence-corrected chi connectivity index (χ4v) is 2.11. The Kier molecular flexibility index (Phi) is 2.33. The average molecular weight is 205 g/mol. The summed E-state index contributed by atoms with van der Waals surface area (Å²) in [6.45, 7) is 0. The van der Waals surface area contributed by atoms with Gasteiger partial charge in [0.25, 0.3) is 0 Å². The minimum atomic E-state index is 0.131. The van der Waals surface area contributed by atoms with E-state index >= 15 is 0 Å². The molecule has 0 atom stereocenters. The van der Waals surface area contributed by atoms with Crippen molar-refractivity contribution in [2.75, 3.05) is 6.26 Å². The molecule has 0 unspecified atom stereocenters. The van der Waals surface area contributed by atoms with Crippen molar-refractivity contribution >= 4 is 22.7 Å². The SMILES string of the molecule is CSc1cn(C)c2ccccc2c1=O. The molecular formula is C11H11NOS. The molecule has 0 spiro atoms. The summed E-state index contributed by atoms with van der Waals surface area (Å²) in [5.41, 5.74) is 1.11. The fraction of sp³-hybridized carbons (Fsp3) is 0.182. The minimum absolute atomic E-state index is 0.131. The second-order valence-corrected chi connectivity index (χ2v) is 4.00. The number of para-hydroxylation sites is 1. The number of fused-ring (bicyclic) bond motifs is 1. The van der Waals surface area contributed by atoms with E-state index in [1.165, 1.54) is 11.8 Å². The standard InChI is InChI=1S/C11H11NOS/c1-12-7-10(14-2)11(13)8-5-3-4-6-9(8)12/h3-7H,1-2H3. The predicted molar refractivity (Wildman–Crippen MR) is 61.0 cm³/mol. The van der Waals surface area contributed by atoms with Gasteiger partial charge < -0.3 is 4.57 Å². The van der Waals surface area contributed by atoms with Crippen molar-refractivity contribution in [2.45, 2.75) is 4.90 Å². The zero-order valence-corrected chi connectivity index (χ0v) is 8.97. The maximum Gasteiger partial charge on any atom is 0.202 e. The Morgan fingerprint density at radius 3 is 2.71 bits per heavy atom. The van der Waals surface area contributed by atoms with Gasteiger partial charge in [-0.3, -0.25) is 4.79 Å². The Labute approximate surface area is 86.6 Å². The van der Waals surface area contributed by atoms with Crippen molar-refractivity contribution in [1.82, 2.24) is 4.57 Å². The van der Waals surface area contributed by atoms with E-state index in [1.807, 2.05) is 48.3 Å². The van der Waals surface area contributed by atoms with E-state index in [9.17, 15) is 4.79 Å². The molecule has 72 valence electrons. The van der Waals surface area contributed by atoms with Gasteiger partial charge in [-0.2, -0.15) is 0 Å². The molecule has 0 amide bonds. The number of hydrogen-bond donors (Lipinski definition) is 0. The van der Waals surface area contributed by atoms with Crippen LogP contribution in [0.15, 0.2) is 40.2 Å². The summed E-state index contributed by atoms with van der Waals surface area (Å²) in [6.07, 6.45) is 3.81. The van der Waals surface area contributed by atoms with Crippen LogP contribution in [0.4, 0.5) is 0 Å². The number of aryl methyl sites for hydroxylation is 1. The van der Waals surface area contributed by atoms with Crippen LogP contribution < -0.4 is 5.43 Å². The Balaban J connectivity index is 2.95. The first-order valence-electron chi connectivity index (χ1n) is 4.36. The Morgan fingerprint density at radius 2 is 2.00 bits per heavy atom. The highest BCUT2D eigenvalue weighted by molar-refractivity contribution is 7.98. The molecule has 0 bridgehead atoms. The number of pyridine rings is 1. The first-order chi connectivity index (χ1) is 6.74. The summed E-state index contributed by atoms with van der Waals surface area (Å²) < 4.78 is 1.99. The number of nitrogens with zero attached hydrogens (tertiary/aromatic N) is 1. The largest absolute Gasteiger partial charge is 0.349 e. The maximum absolute atomic E-state index is 11.9. The van der Waals surface area contributed by atoms with Crippen molar-refractivity contribution in [2.24, 2.45) is 7.05 Å². The number of rotatable bonds is 1. The molecule has 0 fully saturated rings. The van der Waals surface area contributed by atoms with E-state index < -0.39 is 0 Å². The van der Waals surface area contributed by atoms with E-state index in [4.69, 9.17) is 0 Å². The predicted octanol–water partition coefficient (Wildman–Crippen LogP) is 2.26. The second kappa shape index (κ2) is 3.50. The lowest BCUT2D eigenvalue weighted by molar-refractivity contribution is 0.924. The van der Waals surface area contributed by atoms with Crippen molar-refractivity contribution in [3.63, 3.8) is 0 Å². The fourth-order valence-electron chi connectivity index (χ4n) is 1.56. The monoisotopic (exact) mass is 205 g/mol. The maximum atomic E-state index is 11.9. The summed E-state index contributed by atoms with van der Waals surface area (Å²) >= 11 is 1.49. The first-order valence-corrected chi connectivity index (χ1v) is 5.59. The lowest BCUT2D eigenvalue weighted by Gasteiger charge is -2.06. The molecule has 0 aliphatic rings. The number of hydrogen-bond acceptors (Lipinski definition) is 2. The van der Waals surface area contributed by atoms with E-state index in [0.29, 0.717) is 0 Å². The zero-order chi connectivity index (χ0) is 10.1. The lowest BCUT2D eigenvalue weighted by Crippen LogP contribution is -2.08. The molecule has 1 aromatic carbocycles. The third-order valence-electron chi connectivity index (χ3n) is 2.28. The summed E-state index contributed by atoms with van der Waals surface area (Å²) in [5.74, 6) is 0. The van der Waals surface area contributed by atoms with Gasteiger partial charge in [-0.1, -0.05) is 12.1 Å². The van der Waals surface area contributed by atoms with Crippen LogP contribution in [0.3, 0.4) is 0 Å². The molecule has 14 heavy (non-hydrogen) atoms. The highest BCUT2D eigenvalue weighted by Gasteiger charge is 2.04. The highest BCUT2D eigenvalue weighted by atomic mass is 32.2. The van der Waals surface area contributed by atoms with Gasteiger partial charge in [-0.25, -0.2) is 0 Å². The van der Waals surface area contributed by atoms with Crippen LogP contribution in [0.1, 0.15) is 0 Å². The Bertz CT molecular complexity index is 530. The lowest BCUT2D eigenvalue weighted by atomic mass is 10.2. The molecule has 0 aliphatic carbocycles. The van der Waals surface area contributed by atoms with Gasteiger partial charge in [0.2, 0.25) is 5.43 Å². The van der Waals surface area contributed by atoms with E-state index in [2.05, 4.69) is 0 Å². The normalized spacial score (nSPS) is 10.7. The van der Waals surface area contributed by atoms with E-state index in [1.54, 1.807) is 0 Å². The van der Waals surface area contributed by atoms with Gasteiger partial charge >= 0.3 is 0 Å². The minimum Gasteiger partial charge on any atom is -0.349 e. The number of thioether (sulfide) groups is 1. The first kappa shape index (κ1) is 9.34. The summed E-state index contributed by atoms with van der Waals surface area (Å²) in [5, 5.41) is 0.793. The molecule has 2 rings (SSSR count). The third-order valence-corrected chi connectivity index (χ3v) is 3.01. The number of benzene rings is 1. The molecule has 0 saturated heterocycles. The Morgan fingerprint density at radius 1 is 1.29 bits per heavy atom. The van der Waals surface area contributed by atoms with Crippen LogP contribution in [0.5, 0.6) is 0 Å². The van der Waals surface area contributed by atoms with E-state index in [0.717, 1.165) is 15.8 Å². The van der Waals surface area contributed by atoms with Gasteiger partial charge in [0.05, 0.1) is 10.4 Å². The zero-order valence-electron chi connectivity index (χ0n) is 8.15. The van der Waals surface area contributed by atoms with Gasteiger partial charge in [-0.05, 0) is 18.4 Å². The van der Waals surface area contributed by atoms with Crippen LogP contribution in [0.25, 0.3) is 10.9 Å². The summed E-state index contributed by atoms with van der Waals surface area (Å²) in [4.78, 5) is 12.7. The average Bonchev–Trinajstić information content (AvgIpc) is 2.23. The molecule has 3 heteroatoms. The third kappa shape index (κ3) is 1.34. The molecule has 1 aromatic heterocycles. The molecular weight excluding hydrogens is 194 g/mol. The van der Waals surface area contributed by atoms with Gasteiger partial charge in [0.15, 0.2) is 0 Å². The second-order valence-electron chi connectivity index (χ2n) is 3.15. The molecule has 0 radical (unpaired) electrons. The quantitative estimate of drug-likeness (QED) is 0.666. The molecule has 0 aliphatic heterocycles. The molecule has 0 N–H and O–H groups in total. The smallest absolute Gasteiger partial charge is 0.202 e. The molecule has 2 nitrogen and oxygen atoms in total. The molecule has 2 aromatic rings. The highest BCUT2D eigenvalue weighted by Crippen LogP contribution is 2.15. The van der Waals surface area contributed by atoms with Crippen LogP contribution in [0, 0.1) is 0 Å². The topological polar surface area (TPSA) is 22.0 Å². The molecule has 1 heterocycles. The van der Waals surface area contributed by atoms with Gasteiger partial charge in [-0.15, -0.1) is 11.8 Å². The van der Waals surface area contributed by atoms with Crippen molar-refractivity contribution < 1.29 is 0 Å². The van der Waals surface area contributed by atoms with E-state index in [-0.39, 0.29) is 5.43 Å². The Hall–Kier alpha value is -1.22. The molecule has 0 saturated carbocycles. The van der Waals surface area contributed by atoms with Crippen molar-refractivity contribution in [3.8, 4) is 0 Å². The van der Waals surface area contributed by atoms with Gasteiger partial charge in [0, 0.05) is 18.6 Å². The van der Waals surface area contributed by atoms with Crippen molar-refractivity contribution in [3.05, 3.63) is 40.7 Å². The summed E-state index contributed by atoms with van der Waals surface area (Å²) in [6, 6.07) is 7.67. The number of aromatic nitrogens is 1. The van der Waals surface area contributed by atoms with Crippen LogP contribution in [0.2, 0.25) is 0 Å². The van der Waals surface area contributed by atoms with Gasteiger partial charge in [0.1, 0.15) is 0 Å². The van der Waals surface area contributed by atoms with Crippen LogP contribution >= 0.6 is 11.8 Å².